The summed E-state index contributed by atoms with van der Waals surface area (Å²) in [5.41, 5.74) is -0.545. The Kier molecular flexibility index (Phi) is 8.30. The Balaban J connectivity index is 2.10. The summed E-state index contributed by atoms with van der Waals surface area (Å²) in [5, 5.41) is 14.1. The van der Waals surface area contributed by atoms with Gasteiger partial charge in [0.25, 0.3) is 5.91 Å². The molecule has 3 N–H and O–H groups in total. The highest BCUT2D eigenvalue weighted by atomic mass is 19.1. The zero-order valence-electron chi connectivity index (χ0n) is 15.2. The first kappa shape index (κ1) is 21.7. The second kappa shape index (κ2) is 9.95. The largest absolute Gasteiger partial charge is 0.444 e. The van der Waals surface area contributed by atoms with E-state index in [9.17, 15) is 23.9 Å². The van der Waals surface area contributed by atoms with Crippen LogP contribution in [0, 0.1) is 0 Å². The van der Waals surface area contributed by atoms with E-state index < -0.39 is 35.7 Å². The van der Waals surface area contributed by atoms with Crippen molar-refractivity contribution in [2.24, 2.45) is 0 Å². The fourth-order valence-electron chi connectivity index (χ4n) is 1.95. The van der Waals surface area contributed by atoms with Crippen LogP contribution in [0.25, 0.3) is 0 Å². The van der Waals surface area contributed by atoms with Crippen molar-refractivity contribution in [1.82, 2.24) is 15.5 Å². The van der Waals surface area contributed by atoms with Crippen molar-refractivity contribution in [3.63, 3.8) is 0 Å². The average Bonchev–Trinajstić information content (AvgIpc) is 2.51. The number of carbonyl (C=O) groups is 3. The van der Waals surface area contributed by atoms with Crippen LogP contribution < -0.4 is 10.6 Å². The third kappa shape index (κ3) is 8.65. The molecular weight excluding hydrogens is 349 g/mol. The SMILES string of the molecule is CC(C)(C)OC(=O)NCCCCCC(=O)OCN1C=C(F)C(=O)NC1O. The highest BCUT2D eigenvalue weighted by Gasteiger charge is 2.25. The summed E-state index contributed by atoms with van der Waals surface area (Å²) >= 11 is 0. The van der Waals surface area contributed by atoms with Crippen LogP contribution in [0.1, 0.15) is 46.5 Å². The molecule has 10 heteroatoms. The third-order valence-electron chi connectivity index (χ3n) is 3.17. The molecule has 148 valence electrons. The number of halogens is 1. The molecule has 1 aliphatic rings. The summed E-state index contributed by atoms with van der Waals surface area (Å²) in [6.07, 6.45) is 0.920. The second-order valence-electron chi connectivity index (χ2n) is 6.72. The van der Waals surface area contributed by atoms with E-state index in [1.165, 1.54) is 0 Å². The van der Waals surface area contributed by atoms with Gasteiger partial charge in [0, 0.05) is 19.2 Å². The van der Waals surface area contributed by atoms with Gasteiger partial charge in [-0.3, -0.25) is 14.5 Å². The van der Waals surface area contributed by atoms with Crippen LogP contribution in [0.3, 0.4) is 0 Å². The van der Waals surface area contributed by atoms with E-state index in [2.05, 4.69) is 5.32 Å². The van der Waals surface area contributed by atoms with E-state index in [1.807, 2.05) is 5.32 Å². The van der Waals surface area contributed by atoms with Gasteiger partial charge < -0.3 is 25.2 Å². The molecule has 0 aromatic heterocycles. The van der Waals surface area contributed by atoms with Crippen LogP contribution in [0.15, 0.2) is 12.0 Å². The van der Waals surface area contributed by atoms with Gasteiger partial charge in [0.2, 0.25) is 12.2 Å². The molecule has 9 nitrogen and oxygen atoms in total. The zero-order valence-corrected chi connectivity index (χ0v) is 15.2. The Bertz CT molecular complexity index is 547. The monoisotopic (exact) mass is 375 g/mol. The molecular formula is C16H26FN3O6. The predicted octanol–water partition coefficient (Wildman–Crippen LogP) is 1.09. The van der Waals surface area contributed by atoms with E-state index in [0.29, 0.717) is 25.8 Å². The number of nitrogens with zero attached hydrogens (tertiary/aromatic N) is 1. The fourth-order valence-corrected chi connectivity index (χ4v) is 1.95. The molecule has 0 bridgehead atoms. The van der Waals surface area contributed by atoms with Crippen LogP contribution in [0.2, 0.25) is 0 Å². The van der Waals surface area contributed by atoms with Crippen molar-refractivity contribution in [3.8, 4) is 0 Å². The molecule has 0 radical (unpaired) electrons. The number of nitrogens with one attached hydrogen (secondary N) is 2. The molecule has 1 heterocycles. The van der Waals surface area contributed by atoms with E-state index in [0.717, 1.165) is 11.1 Å². The van der Waals surface area contributed by atoms with E-state index in [-0.39, 0.29) is 13.2 Å². The van der Waals surface area contributed by atoms with Crippen molar-refractivity contribution in [2.45, 2.75) is 58.4 Å². The van der Waals surface area contributed by atoms with E-state index in [1.54, 1.807) is 20.8 Å². The van der Waals surface area contributed by atoms with Crippen molar-refractivity contribution < 1.29 is 33.4 Å². The first-order valence-electron chi connectivity index (χ1n) is 8.33. The number of hydrogen-bond acceptors (Lipinski definition) is 7. The van der Waals surface area contributed by atoms with Gasteiger partial charge in [0.15, 0.2) is 6.73 Å². The Labute approximate surface area is 151 Å². The van der Waals surface area contributed by atoms with Crippen LogP contribution in [-0.4, -0.2) is 53.2 Å². The highest BCUT2D eigenvalue weighted by molar-refractivity contribution is 5.91. The highest BCUT2D eigenvalue weighted by Crippen LogP contribution is 2.10. The smallest absolute Gasteiger partial charge is 0.407 e. The maximum atomic E-state index is 13.1. The topological polar surface area (TPSA) is 117 Å². The maximum Gasteiger partial charge on any atom is 0.407 e. The summed E-state index contributed by atoms with van der Waals surface area (Å²) < 4.78 is 23.1. The minimum absolute atomic E-state index is 0.148. The minimum Gasteiger partial charge on any atom is -0.444 e. The lowest BCUT2D eigenvalue weighted by Gasteiger charge is -2.29. The minimum atomic E-state index is -1.45. The molecule has 0 aliphatic carbocycles. The van der Waals surface area contributed by atoms with Crippen LogP contribution in [-0.2, 0) is 19.1 Å². The molecule has 1 rings (SSSR count). The molecule has 0 fully saturated rings. The Morgan fingerprint density at radius 2 is 2.04 bits per heavy atom. The molecule has 0 saturated heterocycles. The van der Waals surface area contributed by atoms with Crippen molar-refractivity contribution in [2.75, 3.05) is 13.3 Å². The van der Waals surface area contributed by atoms with Crippen molar-refractivity contribution in [3.05, 3.63) is 12.0 Å². The van der Waals surface area contributed by atoms with Gasteiger partial charge in [-0.1, -0.05) is 6.42 Å². The molecule has 0 aromatic carbocycles. The molecule has 0 saturated carbocycles. The molecule has 26 heavy (non-hydrogen) atoms. The number of alkyl carbamates (subject to hydrolysis) is 1. The lowest BCUT2D eigenvalue weighted by Crippen LogP contribution is -2.50. The molecule has 0 aromatic rings. The lowest BCUT2D eigenvalue weighted by molar-refractivity contribution is -0.154. The Morgan fingerprint density at radius 3 is 2.69 bits per heavy atom. The van der Waals surface area contributed by atoms with Crippen LogP contribution in [0.4, 0.5) is 9.18 Å². The number of aliphatic hydroxyl groups is 1. The quantitative estimate of drug-likeness (QED) is 0.429. The maximum absolute atomic E-state index is 13.1. The first-order valence-corrected chi connectivity index (χ1v) is 8.33. The van der Waals surface area contributed by atoms with E-state index >= 15 is 0 Å². The van der Waals surface area contributed by atoms with Gasteiger partial charge in [0.1, 0.15) is 5.60 Å². The summed E-state index contributed by atoms with van der Waals surface area (Å²) in [5.74, 6) is -2.62. The van der Waals surface area contributed by atoms with Gasteiger partial charge in [-0.2, -0.15) is 4.39 Å². The van der Waals surface area contributed by atoms with Gasteiger partial charge in [0.05, 0.1) is 0 Å². The predicted molar refractivity (Wildman–Crippen MR) is 88.8 cm³/mol. The number of hydrogen-bond donors (Lipinski definition) is 3. The number of rotatable bonds is 8. The molecule has 0 spiro atoms. The van der Waals surface area contributed by atoms with Gasteiger partial charge in [-0.25, -0.2) is 4.79 Å². The third-order valence-corrected chi connectivity index (χ3v) is 3.17. The number of aliphatic hydroxyl groups excluding tert-OH is 1. The zero-order chi connectivity index (χ0) is 19.7. The standard InChI is InChI=1S/C16H26FN3O6/c1-16(2,3)26-15(24)18-8-6-4-5-7-12(21)25-10-20-9-11(17)13(22)19-14(20)23/h9,14,23H,4-8,10H2,1-3H3,(H,18,24)(H,19,22). The Morgan fingerprint density at radius 1 is 1.35 bits per heavy atom. The number of carbonyl (C=O) groups excluding carboxylic acids is 3. The summed E-state index contributed by atoms with van der Waals surface area (Å²) in [6, 6.07) is 0. The second-order valence-corrected chi connectivity index (χ2v) is 6.72. The van der Waals surface area contributed by atoms with E-state index in [4.69, 9.17) is 9.47 Å². The first-order chi connectivity index (χ1) is 12.1. The van der Waals surface area contributed by atoms with Gasteiger partial charge in [-0.05, 0) is 33.6 Å². The average molecular weight is 375 g/mol. The number of ether oxygens (including phenoxy) is 2. The number of unbranched alkanes of at least 4 members (excludes halogenated alkanes) is 2. The fraction of sp³-hybridized carbons (Fsp3) is 0.688. The van der Waals surface area contributed by atoms with Crippen LogP contribution >= 0.6 is 0 Å². The normalized spacial score (nSPS) is 17.3. The van der Waals surface area contributed by atoms with Crippen molar-refractivity contribution >= 4 is 18.0 Å². The van der Waals surface area contributed by atoms with Gasteiger partial charge >= 0.3 is 12.1 Å². The lowest BCUT2D eigenvalue weighted by atomic mass is 10.2. The van der Waals surface area contributed by atoms with Gasteiger partial charge in [-0.15, -0.1) is 0 Å². The number of esters is 1. The summed E-state index contributed by atoms with van der Waals surface area (Å²) in [4.78, 5) is 34.9. The Hall–Kier alpha value is -2.36. The summed E-state index contributed by atoms with van der Waals surface area (Å²) in [7, 11) is 0. The molecule has 2 amide bonds. The summed E-state index contributed by atoms with van der Waals surface area (Å²) in [6.45, 7) is 5.39. The molecule has 1 atom stereocenters. The van der Waals surface area contributed by atoms with Crippen molar-refractivity contribution in [1.29, 1.82) is 0 Å². The molecule has 1 aliphatic heterocycles. The molecule has 1 unspecified atom stereocenters. The number of amides is 2. The van der Waals surface area contributed by atoms with Crippen LogP contribution in [0.5, 0.6) is 0 Å².